The highest BCUT2D eigenvalue weighted by Crippen LogP contribution is 2.50. The number of rotatable bonds is 4. The zero-order chi connectivity index (χ0) is 30.5. The molecule has 10 heteroatoms. The molecule has 0 saturated carbocycles. The van der Waals surface area contributed by atoms with Crippen molar-refractivity contribution in [3.63, 3.8) is 0 Å². The summed E-state index contributed by atoms with van der Waals surface area (Å²) in [4.78, 5) is 30.8. The molecule has 44 heavy (non-hydrogen) atoms. The number of benzene rings is 3. The fourth-order valence-electron chi connectivity index (χ4n) is 5.37. The maximum absolute atomic E-state index is 13.4. The standard InChI is InChI=1S/C34H20N2O8/c37-23-17-22(36-15-11-19(12-16-36)18-9-13-35-14-10-18)32(40)27(29-31(39)21-6-2-4-8-25(21)44-34(29)42)26(23)28-30(38)20-5-1-3-7-24(20)43-33(28)41/h1-17,35H,(H2,37,38,39,40,41,42)/p+1. The van der Waals surface area contributed by atoms with E-state index >= 15 is 0 Å². The van der Waals surface area contributed by atoms with E-state index in [1.54, 1.807) is 61.2 Å². The molecule has 214 valence electrons. The number of phenolic OH excluding ortho intramolecular Hbond substituents is 2. The van der Waals surface area contributed by atoms with Crippen molar-refractivity contribution in [2.24, 2.45) is 0 Å². The molecule has 0 aliphatic heterocycles. The fraction of sp³-hybridized carbons (Fsp3) is 0. The predicted octanol–water partition coefficient (Wildman–Crippen LogP) is 5.39. The van der Waals surface area contributed by atoms with Crippen molar-refractivity contribution in [3.8, 4) is 62.1 Å². The molecule has 4 aromatic heterocycles. The summed E-state index contributed by atoms with van der Waals surface area (Å²) >= 11 is 0. The number of aromatic hydroxyl groups is 4. The number of hydrogen-bond donors (Lipinski definition) is 4. The highest BCUT2D eigenvalue weighted by Gasteiger charge is 2.33. The Labute approximate surface area is 247 Å². The first-order chi connectivity index (χ1) is 21.3. The number of pyridine rings is 2. The van der Waals surface area contributed by atoms with Crippen LogP contribution >= 0.6 is 0 Å². The molecule has 0 bridgehead atoms. The molecule has 4 N–H and O–H groups in total. The van der Waals surface area contributed by atoms with Gasteiger partial charge in [-0.2, -0.15) is 4.57 Å². The summed E-state index contributed by atoms with van der Waals surface area (Å²) in [6.45, 7) is 0. The summed E-state index contributed by atoms with van der Waals surface area (Å²) < 4.78 is 12.4. The van der Waals surface area contributed by atoms with Gasteiger partial charge in [0.25, 0.3) is 5.69 Å². The summed E-state index contributed by atoms with van der Waals surface area (Å²) in [7, 11) is 0. The van der Waals surface area contributed by atoms with Crippen molar-refractivity contribution in [1.29, 1.82) is 0 Å². The van der Waals surface area contributed by atoms with Crippen LogP contribution in [0, 0.1) is 0 Å². The number of nitrogens with zero attached hydrogens (tertiary/aromatic N) is 2. The smallest absolute Gasteiger partial charge is 0.348 e. The first-order valence-corrected chi connectivity index (χ1v) is 13.3. The van der Waals surface area contributed by atoms with E-state index in [1.165, 1.54) is 34.9 Å². The maximum Gasteiger partial charge on any atom is 0.348 e. The fourth-order valence-corrected chi connectivity index (χ4v) is 5.37. The first kappa shape index (κ1) is 26.5. The Kier molecular flexibility index (Phi) is 6.10. The molecule has 7 rings (SSSR count). The third-order valence-corrected chi connectivity index (χ3v) is 7.45. The Bertz CT molecular complexity index is 2360. The van der Waals surface area contributed by atoms with Crippen molar-refractivity contribution >= 4 is 21.9 Å². The molecule has 0 unspecified atom stereocenters. The van der Waals surface area contributed by atoms with E-state index in [2.05, 4.69) is 4.98 Å². The quantitative estimate of drug-likeness (QED) is 0.121. The third kappa shape index (κ3) is 4.12. The van der Waals surface area contributed by atoms with Crippen LogP contribution in [0.25, 0.3) is 61.0 Å². The summed E-state index contributed by atoms with van der Waals surface area (Å²) in [6, 6.07) is 20.8. The molecule has 4 heterocycles. The maximum atomic E-state index is 13.4. The van der Waals surface area contributed by atoms with Gasteiger partial charge >= 0.3 is 11.3 Å². The topological polar surface area (TPSA) is 158 Å². The van der Waals surface area contributed by atoms with E-state index in [9.17, 15) is 30.0 Å². The Morgan fingerprint density at radius 3 is 1.64 bits per heavy atom. The Balaban J connectivity index is 1.56. The van der Waals surface area contributed by atoms with Gasteiger partial charge in [-0.05, 0) is 47.5 Å². The van der Waals surface area contributed by atoms with Crippen LogP contribution in [0.3, 0.4) is 0 Å². The second-order valence-corrected chi connectivity index (χ2v) is 9.96. The molecule has 0 radical (unpaired) electrons. The Hall–Kier alpha value is -6.42. The number of hydrogen-bond acceptors (Lipinski definition) is 9. The lowest BCUT2D eigenvalue weighted by Crippen LogP contribution is -2.29. The van der Waals surface area contributed by atoms with Crippen molar-refractivity contribution in [2.75, 3.05) is 0 Å². The van der Waals surface area contributed by atoms with Crippen LogP contribution in [0.4, 0.5) is 0 Å². The Morgan fingerprint density at radius 2 is 1.07 bits per heavy atom. The van der Waals surface area contributed by atoms with Crippen LogP contribution in [0.2, 0.25) is 0 Å². The van der Waals surface area contributed by atoms with Gasteiger partial charge in [0.2, 0.25) is 0 Å². The summed E-state index contributed by atoms with van der Waals surface area (Å²) in [5.74, 6) is -2.31. The summed E-state index contributed by atoms with van der Waals surface area (Å²) in [6.07, 6.45) is 6.56. The lowest BCUT2D eigenvalue weighted by atomic mass is 9.91. The molecule has 0 amide bonds. The number of fused-ring (bicyclic) bond motifs is 2. The summed E-state index contributed by atoms with van der Waals surface area (Å²) in [5.41, 5.74) is -2.15. The van der Waals surface area contributed by atoms with Crippen molar-refractivity contribution in [1.82, 2.24) is 4.98 Å². The molecule has 3 aromatic carbocycles. The van der Waals surface area contributed by atoms with E-state index in [-0.39, 0.29) is 27.6 Å². The van der Waals surface area contributed by atoms with E-state index in [4.69, 9.17) is 8.83 Å². The van der Waals surface area contributed by atoms with E-state index in [0.717, 1.165) is 11.1 Å². The van der Waals surface area contributed by atoms with E-state index < -0.39 is 56.5 Å². The molecule has 10 nitrogen and oxygen atoms in total. The average molecular weight is 586 g/mol. The number of phenols is 2. The molecule has 7 aromatic rings. The van der Waals surface area contributed by atoms with Gasteiger partial charge in [-0.15, -0.1) is 0 Å². The van der Waals surface area contributed by atoms with Crippen molar-refractivity contribution in [2.45, 2.75) is 0 Å². The van der Waals surface area contributed by atoms with Gasteiger partial charge in [0.05, 0.1) is 22.4 Å². The molecule has 0 aliphatic carbocycles. The van der Waals surface area contributed by atoms with Gasteiger partial charge in [0.15, 0.2) is 18.1 Å². The van der Waals surface area contributed by atoms with Gasteiger partial charge in [-0.3, -0.25) is 4.98 Å². The van der Waals surface area contributed by atoms with Gasteiger partial charge in [0.1, 0.15) is 39.5 Å². The lowest BCUT2D eigenvalue weighted by Gasteiger charge is -2.16. The minimum atomic E-state index is -1.06. The molecule has 0 atom stereocenters. The highest BCUT2D eigenvalue weighted by atomic mass is 16.4. The SMILES string of the molecule is O=c1oc2ccccc2c(O)c1-c1c(O)cc(-[n+]2ccc(-c3ccncc3)cc2)c(O)c1-c1c(O)c2ccccc2oc1=O. The van der Waals surface area contributed by atoms with Crippen LogP contribution in [0.15, 0.2) is 122 Å². The van der Waals surface area contributed by atoms with Crippen LogP contribution in [0.5, 0.6) is 23.0 Å². The van der Waals surface area contributed by atoms with E-state index in [1.807, 2.05) is 12.1 Å². The second-order valence-electron chi connectivity index (χ2n) is 9.96. The van der Waals surface area contributed by atoms with Crippen molar-refractivity contribution < 1.29 is 33.8 Å². The zero-order valence-electron chi connectivity index (χ0n) is 22.6. The van der Waals surface area contributed by atoms with Gasteiger partial charge < -0.3 is 29.3 Å². The third-order valence-electron chi connectivity index (χ3n) is 7.45. The molecule has 0 fully saturated rings. The van der Waals surface area contributed by atoms with Crippen LogP contribution in [-0.2, 0) is 0 Å². The monoisotopic (exact) mass is 585 g/mol. The first-order valence-electron chi connectivity index (χ1n) is 13.3. The van der Waals surface area contributed by atoms with Gasteiger partial charge in [-0.25, -0.2) is 9.59 Å². The largest absolute Gasteiger partial charge is 0.507 e. The molecule has 0 spiro atoms. The van der Waals surface area contributed by atoms with Crippen LogP contribution < -0.4 is 15.8 Å². The highest BCUT2D eigenvalue weighted by molar-refractivity contribution is 6.02. The minimum absolute atomic E-state index is 0.000784. The predicted molar refractivity (Wildman–Crippen MR) is 161 cm³/mol. The number of aromatic nitrogens is 2. The van der Waals surface area contributed by atoms with Crippen LogP contribution in [-0.4, -0.2) is 25.4 Å². The lowest BCUT2D eigenvalue weighted by molar-refractivity contribution is -0.596. The number of para-hydroxylation sites is 2. The Morgan fingerprint density at radius 1 is 0.568 bits per heavy atom. The summed E-state index contributed by atoms with van der Waals surface area (Å²) in [5, 5.41) is 46.2. The van der Waals surface area contributed by atoms with Gasteiger partial charge in [0, 0.05) is 30.1 Å². The van der Waals surface area contributed by atoms with E-state index in [0.29, 0.717) is 0 Å². The minimum Gasteiger partial charge on any atom is -0.507 e. The second kappa shape index (κ2) is 10.1. The average Bonchev–Trinajstić information content (AvgIpc) is 3.04. The normalized spacial score (nSPS) is 11.3. The molecule has 0 aliphatic rings. The zero-order valence-corrected chi connectivity index (χ0v) is 22.6. The molecule has 0 saturated heterocycles. The molecular weight excluding hydrogens is 564 g/mol. The molecular formula is C34H21N2O8+. The van der Waals surface area contributed by atoms with Crippen LogP contribution in [0.1, 0.15) is 0 Å². The van der Waals surface area contributed by atoms with Gasteiger partial charge in [-0.1, -0.05) is 24.3 Å². The van der Waals surface area contributed by atoms with Crippen molar-refractivity contribution in [3.05, 3.63) is 124 Å².